The second kappa shape index (κ2) is 6.34. The first-order chi connectivity index (χ1) is 10.6. The molecule has 4 nitrogen and oxygen atoms in total. The maximum atomic E-state index is 13.0. The lowest BCUT2D eigenvalue weighted by molar-refractivity contribution is -0.0169. The third kappa shape index (κ3) is 2.88. The van der Waals surface area contributed by atoms with Crippen molar-refractivity contribution in [1.82, 2.24) is 4.90 Å². The van der Waals surface area contributed by atoms with Crippen molar-refractivity contribution < 1.29 is 18.7 Å². The van der Waals surface area contributed by atoms with Crippen LogP contribution < -0.4 is 0 Å². The molecular weight excluding hydrogens is 285 g/mol. The van der Waals surface area contributed by atoms with Crippen molar-refractivity contribution in [3.63, 3.8) is 0 Å². The van der Waals surface area contributed by atoms with Crippen LogP contribution >= 0.6 is 0 Å². The molecule has 0 bridgehead atoms. The van der Waals surface area contributed by atoms with Crippen LogP contribution in [-0.2, 0) is 9.47 Å². The Bertz CT molecular complexity index is 525. The summed E-state index contributed by atoms with van der Waals surface area (Å²) in [7, 11) is 1.71. The SMILES string of the molecule is COCC1CN(C(=O)c2ccc(F)cc2)CC12CCOCC2. The van der Waals surface area contributed by atoms with Crippen LogP contribution in [0.4, 0.5) is 4.39 Å². The van der Waals surface area contributed by atoms with Crippen molar-refractivity contribution in [2.24, 2.45) is 11.3 Å². The lowest BCUT2D eigenvalue weighted by atomic mass is 9.72. The van der Waals surface area contributed by atoms with E-state index in [-0.39, 0.29) is 17.1 Å². The van der Waals surface area contributed by atoms with Gasteiger partial charge in [0.25, 0.3) is 5.91 Å². The number of likely N-dealkylation sites (tertiary alicyclic amines) is 1. The van der Waals surface area contributed by atoms with E-state index < -0.39 is 0 Å². The normalized spacial score (nSPS) is 23.9. The van der Waals surface area contributed by atoms with E-state index >= 15 is 0 Å². The van der Waals surface area contributed by atoms with Gasteiger partial charge in [0.2, 0.25) is 0 Å². The summed E-state index contributed by atoms with van der Waals surface area (Å²) < 4.78 is 23.9. The molecule has 2 fully saturated rings. The Morgan fingerprint density at radius 1 is 1.36 bits per heavy atom. The van der Waals surface area contributed by atoms with Crippen molar-refractivity contribution in [3.05, 3.63) is 35.6 Å². The minimum absolute atomic E-state index is 0.0236. The third-order valence-electron chi connectivity index (χ3n) is 5.05. The Morgan fingerprint density at radius 3 is 2.68 bits per heavy atom. The van der Waals surface area contributed by atoms with Crippen LogP contribution in [0.5, 0.6) is 0 Å². The van der Waals surface area contributed by atoms with E-state index in [9.17, 15) is 9.18 Å². The Hall–Kier alpha value is -1.46. The zero-order valence-electron chi connectivity index (χ0n) is 12.9. The number of carbonyl (C=O) groups excluding carboxylic acids is 1. The number of rotatable bonds is 3. The van der Waals surface area contributed by atoms with Crippen LogP contribution in [0.2, 0.25) is 0 Å². The van der Waals surface area contributed by atoms with E-state index in [0.717, 1.165) is 32.6 Å². The van der Waals surface area contributed by atoms with Crippen LogP contribution in [0.15, 0.2) is 24.3 Å². The zero-order valence-corrected chi connectivity index (χ0v) is 12.9. The summed E-state index contributed by atoms with van der Waals surface area (Å²) in [4.78, 5) is 14.6. The third-order valence-corrected chi connectivity index (χ3v) is 5.05. The van der Waals surface area contributed by atoms with Crippen molar-refractivity contribution >= 4 is 5.91 Å². The van der Waals surface area contributed by atoms with Crippen molar-refractivity contribution in [2.75, 3.05) is 40.0 Å². The average molecular weight is 307 g/mol. The summed E-state index contributed by atoms with van der Waals surface area (Å²) in [5, 5.41) is 0. The molecular formula is C17H22FNO3. The highest BCUT2D eigenvalue weighted by Crippen LogP contribution is 2.44. The molecule has 22 heavy (non-hydrogen) atoms. The van der Waals surface area contributed by atoms with Crippen LogP contribution in [0.1, 0.15) is 23.2 Å². The second-order valence-corrected chi connectivity index (χ2v) is 6.32. The van der Waals surface area contributed by atoms with E-state index in [1.807, 2.05) is 4.90 Å². The Labute approximate surface area is 130 Å². The molecule has 2 aliphatic rings. The lowest BCUT2D eigenvalue weighted by Gasteiger charge is -2.37. The minimum Gasteiger partial charge on any atom is -0.384 e. The number of hydrogen-bond acceptors (Lipinski definition) is 3. The maximum absolute atomic E-state index is 13.0. The van der Waals surface area contributed by atoms with Gasteiger partial charge in [-0.15, -0.1) is 0 Å². The summed E-state index contributed by atoms with van der Waals surface area (Å²) >= 11 is 0. The predicted octanol–water partition coefficient (Wildman–Crippen LogP) is 2.34. The van der Waals surface area contributed by atoms with Crippen molar-refractivity contribution in [3.8, 4) is 0 Å². The molecule has 2 saturated heterocycles. The number of nitrogens with zero attached hydrogens (tertiary/aromatic N) is 1. The number of methoxy groups -OCH3 is 1. The fourth-order valence-corrected chi connectivity index (χ4v) is 3.74. The van der Waals surface area contributed by atoms with E-state index in [4.69, 9.17) is 9.47 Å². The van der Waals surface area contributed by atoms with Gasteiger partial charge in [-0.2, -0.15) is 0 Å². The van der Waals surface area contributed by atoms with E-state index in [1.165, 1.54) is 12.1 Å². The molecule has 1 aromatic rings. The van der Waals surface area contributed by atoms with Gasteiger partial charge in [0, 0.05) is 44.9 Å². The number of carbonyl (C=O) groups is 1. The number of halogens is 1. The minimum atomic E-state index is -0.323. The van der Waals surface area contributed by atoms with Crippen molar-refractivity contribution in [2.45, 2.75) is 12.8 Å². The van der Waals surface area contributed by atoms with Gasteiger partial charge in [0.05, 0.1) is 6.61 Å². The first kappa shape index (κ1) is 15.4. The molecule has 1 unspecified atom stereocenters. The van der Waals surface area contributed by atoms with Crippen LogP contribution in [-0.4, -0.2) is 50.8 Å². The first-order valence-electron chi connectivity index (χ1n) is 7.76. The predicted molar refractivity (Wildman–Crippen MR) is 80.2 cm³/mol. The number of hydrogen-bond donors (Lipinski definition) is 0. The van der Waals surface area contributed by atoms with Crippen molar-refractivity contribution in [1.29, 1.82) is 0 Å². The van der Waals surface area contributed by atoms with Crippen LogP contribution in [0.25, 0.3) is 0 Å². The fourth-order valence-electron chi connectivity index (χ4n) is 3.74. The molecule has 2 aliphatic heterocycles. The summed E-state index contributed by atoms with van der Waals surface area (Å²) in [6.45, 7) is 3.59. The molecule has 5 heteroatoms. The molecule has 1 atom stereocenters. The van der Waals surface area contributed by atoms with Gasteiger partial charge in [-0.05, 0) is 42.5 Å². The first-order valence-corrected chi connectivity index (χ1v) is 7.76. The average Bonchev–Trinajstić information content (AvgIpc) is 2.87. The molecule has 0 saturated carbocycles. The highest BCUT2D eigenvalue weighted by Gasteiger charge is 2.48. The number of amides is 1. The molecule has 1 aromatic carbocycles. The van der Waals surface area contributed by atoms with Crippen LogP contribution in [0.3, 0.4) is 0 Å². The monoisotopic (exact) mass is 307 g/mol. The number of benzene rings is 1. The molecule has 120 valence electrons. The standard InChI is InChI=1S/C17H22FNO3/c1-21-11-14-10-19(12-17(14)6-8-22-9-7-17)16(20)13-2-4-15(18)5-3-13/h2-5,14H,6-12H2,1H3. The van der Waals surface area contributed by atoms with Gasteiger partial charge >= 0.3 is 0 Å². The smallest absolute Gasteiger partial charge is 0.253 e. The zero-order chi connectivity index (χ0) is 15.6. The summed E-state index contributed by atoms with van der Waals surface area (Å²) in [6.07, 6.45) is 1.93. The Morgan fingerprint density at radius 2 is 2.05 bits per heavy atom. The Kier molecular flexibility index (Phi) is 4.45. The maximum Gasteiger partial charge on any atom is 0.253 e. The fraction of sp³-hybridized carbons (Fsp3) is 0.588. The molecule has 2 heterocycles. The molecule has 0 N–H and O–H groups in total. The molecule has 0 radical (unpaired) electrons. The van der Waals surface area contributed by atoms with E-state index in [1.54, 1.807) is 19.2 Å². The molecule has 1 amide bonds. The van der Waals surface area contributed by atoms with Gasteiger partial charge < -0.3 is 14.4 Å². The quantitative estimate of drug-likeness (QED) is 0.860. The molecule has 3 rings (SSSR count). The highest BCUT2D eigenvalue weighted by molar-refractivity contribution is 5.94. The van der Waals surface area contributed by atoms with Gasteiger partial charge in [0.15, 0.2) is 0 Å². The summed E-state index contributed by atoms with van der Waals surface area (Å²) in [5.74, 6) is -0.00796. The molecule has 0 aromatic heterocycles. The summed E-state index contributed by atoms with van der Waals surface area (Å²) in [5.41, 5.74) is 0.644. The second-order valence-electron chi connectivity index (χ2n) is 6.32. The molecule has 0 aliphatic carbocycles. The van der Waals surface area contributed by atoms with E-state index in [2.05, 4.69) is 0 Å². The highest BCUT2D eigenvalue weighted by atomic mass is 19.1. The topological polar surface area (TPSA) is 38.8 Å². The van der Waals surface area contributed by atoms with Gasteiger partial charge in [-0.25, -0.2) is 4.39 Å². The van der Waals surface area contributed by atoms with Gasteiger partial charge in [-0.3, -0.25) is 4.79 Å². The Balaban J connectivity index is 1.77. The van der Waals surface area contributed by atoms with Gasteiger partial charge in [0.1, 0.15) is 5.82 Å². The lowest BCUT2D eigenvalue weighted by Crippen LogP contribution is -2.39. The number of ether oxygens (including phenoxy) is 2. The molecule has 1 spiro atoms. The van der Waals surface area contributed by atoms with Gasteiger partial charge in [-0.1, -0.05) is 0 Å². The van der Waals surface area contributed by atoms with Crippen LogP contribution in [0, 0.1) is 17.2 Å². The largest absolute Gasteiger partial charge is 0.384 e. The summed E-state index contributed by atoms with van der Waals surface area (Å²) in [6, 6.07) is 5.77. The van der Waals surface area contributed by atoms with E-state index in [0.29, 0.717) is 24.6 Å².